The van der Waals surface area contributed by atoms with Gasteiger partial charge in [0.25, 0.3) is 5.91 Å². The third-order valence-electron chi connectivity index (χ3n) is 7.05. The smallest absolute Gasteiger partial charge is 0.258 e. The predicted octanol–water partition coefficient (Wildman–Crippen LogP) is 3.50. The first kappa shape index (κ1) is 26.3. The van der Waals surface area contributed by atoms with Gasteiger partial charge >= 0.3 is 0 Å². The number of amides is 2. The second kappa shape index (κ2) is 11.6. The highest BCUT2D eigenvalue weighted by molar-refractivity contribution is 6.37. The Morgan fingerprint density at radius 1 is 0.974 bits per heavy atom. The highest BCUT2D eigenvalue weighted by Crippen LogP contribution is 2.43. The lowest BCUT2D eigenvalue weighted by Crippen LogP contribution is -2.47. The zero-order valence-corrected chi connectivity index (χ0v) is 22.4. The summed E-state index contributed by atoms with van der Waals surface area (Å²) in [5.41, 5.74) is 4.99. The van der Waals surface area contributed by atoms with Crippen molar-refractivity contribution >= 4 is 40.1 Å². The molecule has 2 aliphatic rings. The van der Waals surface area contributed by atoms with Gasteiger partial charge in [-0.3, -0.25) is 14.5 Å². The largest absolute Gasteiger partial charge is 0.493 e. The molecule has 0 radical (unpaired) electrons. The molecule has 5 rings (SSSR count). The second-order valence-electron chi connectivity index (χ2n) is 9.47. The number of hydrogen-bond donors (Lipinski definition) is 3. The first-order chi connectivity index (χ1) is 19.0. The molecule has 39 heavy (non-hydrogen) atoms. The quantitative estimate of drug-likeness (QED) is 0.386. The molecule has 1 fully saturated rings. The fourth-order valence-corrected chi connectivity index (χ4v) is 4.85. The van der Waals surface area contributed by atoms with E-state index in [2.05, 4.69) is 20.9 Å². The molecule has 1 saturated heterocycles. The molecule has 3 N–H and O–H groups in total. The number of hydrogen-bond acceptors (Lipinski definition) is 7. The Morgan fingerprint density at radius 3 is 2.31 bits per heavy atom. The van der Waals surface area contributed by atoms with E-state index in [1.807, 2.05) is 60.7 Å². The Labute approximate surface area is 228 Å². The lowest BCUT2D eigenvalue weighted by atomic mass is 9.99. The lowest BCUT2D eigenvalue weighted by Gasteiger charge is -2.28. The molecule has 2 amide bonds. The Hall–Kier alpha value is -4.34. The number of fused-ring (bicyclic) bond motifs is 1. The molecule has 0 aromatic heterocycles. The number of likely N-dealkylation sites (N-methyl/N-ethyl adjacent to an activating group) is 1. The highest BCUT2D eigenvalue weighted by atomic mass is 16.5. The number of ether oxygens (including phenoxy) is 2. The van der Waals surface area contributed by atoms with Crippen LogP contribution in [0, 0.1) is 0 Å². The van der Waals surface area contributed by atoms with Crippen molar-refractivity contribution in [1.82, 2.24) is 10.2 Å². The summed E-state index contributed by atoms with van der Waals surface area (Å²) in [6.07, 6.45) is 0. The van der Waals surface area contributed by atoms with Crippen LogP contribution in [0.1, 0.15) is 11.1 Å². The van der Waals surface area contributed by atoms with Gasteiger partial charge in [-0.15, -0.1) is 0 Å². The van der Waals surface area contributed by atoms with E-state index >= 15 is 0 Å². The number of methoxy groups -OCH3 is 2. The molecule has 0 aliphatic carbocycles. The van der Waals surface area contributed by atoms with Crippen LogP contribution in [0.25, 0.3) is 11.3 Å². The van der Waals surface area contributed by atoms with Crippen molar-refractivity contribution in [3.8, 4) is 11.5 Å². The van der Waals surface area contributed by atoms with E-state index in [1.54, 1.807) is 32.2 Å². The molecule has 0 saturated carbocycles. The van der Waals surface area contributed by atoms with Crippen molar-refractivity contribution in [3.05, 3.63) is 77.9 Å². The first-order valence-electron chi connectivity index (χ1n) is 12.9. The fourth-order valence-electron chi connectivity index (χ4n) is 4.85. The minimum absolute atomic E-state index is 0.0494. The molecule has 0 bridgehead atoms. The standard InChI is InChI=1S/C30H33N5O4/c1-34(27(36)19-35-15-13-31-14-16-35)22-11-9-21(10-12-22)32-29(20-7-5-4-6-8-20)28-23-17-25(38-2)26(39-3)18-24(23)33-30(28)37/h4-12,17-18,31-32H,13-16,19H2,1-3H3,(H,33,37). The number of nitrogens with zero attached hydrogens (tertiary/aromatic N) is 2. The van der Waals surface area contributed by atoms with Gasteiger partial charge in [-0.2, -0.15) is 0 Å². The summed E-state index contributed by atoms with van der Waals surface area (Å²) in [7, 11) is 4.93. The van der Waals surface area contributed by atoms with Gasteiger partial charge in [0.15, 0.2) is 11.5 Å². The maximum absolute atomic E-state index is 13.3. The third-order valence-corrected chi connectivity index (χ3v) is 7.05. The third kappa shape index (κ3) is 5.59. The van der Waals surface area contributed by atoms with E-state index in [9.17, 15) is 9.59 Å². The van der Waals surface area contributed by atoms with Crippen LogP contribution in [0.2, 0.25) is 0 Å². The van der Waals surface area contributed by atoms with Crippen molar-refractivity contribution in [2.75, 3.05) is 69.5 Å². The van der Waals surface area contributed by atoms with E-state index in [0.29, 0.717) is 35.0 Å². The van der Waals surface area contributed by atoms with E-state index in [0.717, 1.165) is 48.7 Å². The summed E-state index contributed by atoms with van der Waals surface area (Å²) in [6, 6.07) is 20.9. The summed E-state index contributed by atoms with van der Waals surface area (Å²) in [5.74, 6) is 0.906. The van der Waals surface area contributed by atoms with Gasteiger partial charge in [0.2, 0.25) is 5.91 Å². The molecule has 9 heteroatoms. The normalized spacial score (nSPS) is 16.2. The molecule has 0 unspecified atom stereocenters. The number of piperazine rings is 1. The molecule has 0 spiro atoms. The van der Waals surface area contributed by atoms with Gasteiger partial charge in [0, 0.05) is 56.2 Å². The van der Waals surface area contributed by atoms with E-state index in [-0.39, 0.29) is 11.8 Å². The molecule has 0 atom stereocenters. The van der Waals surface area contributed by atoms with Gasteiger partial charge in [-0.1, -0.05) is 30.3 Å². The molecule has 3 aromatic rings. The minimum Gasteiger partial charge on any atom is -0.493 e. The molecule has 2 aliphatic heterocycles. The van der Waals surface area contributed by atoms with Gasteiger partial charge in [-0.25, -0.2) is 0 Å². The van der Waals surface area contributed by atoms with Crippen LogP contribution in [0.3, 0.4) is 0 Å². The fraction of sp³-hybridized carbons (Fsp3) is 0.267. The monoisotopic (exact) mass is 527 g/mol. The van der Waals surface area contributed by atoms with Gasteiger partial charge in [0.1, 0.15) is 0 Å². The van der Waals surface area contributed by atoms with Gasteiger partial charge in [-0.05, 0) is 35.9 Å². The molecule has 202 valence electrons. The van der Waals surface area contributed by atoms with E-state index in [1.165, 1.54) is 0 Å². The zero-order chi connectivity index (χ0) is 27.4. The number of benzene rings is 3. The van der Waals surface area contributed by atoms with Crippen LogP contribution >= 0.6 is 0 Å². The summed E-state index contributed by atoms with van der Waals surface area (Å²) < 4.78 is 10.9. The number of carbonyl (C=O) groups is 2. The van der Waals surface area contributed by atoms with Crippen LogP contribution in [0.4, 0.5) is 17.1 Å². The summed E-state index contributed by atoms with van der Waals surface area (Å²) >= 11 is 0. The van der Waals surface area contributed by atoms with Crippen LogP contribution in [0.15, 0.2) is 66.7 Å². The Morgan fingerprint density at radius 2 is 1.64 bits per heavy atom. The topological polar surface area (TPSA) is 95.2 Å². The van der Waals surface area contributed by atoms with Crippen LogP contribution in [0.5, 0.6) is 11.5 Å². The van der Waals surface area contributed by atoms with Crippen molar-refractivity contribution in [3.63, 3.8) is 0 Å². The molecular weight excluding hydrogens is 494 g/mol. The number of rotatable bonds is 8. The number of carbonyl (C=O) groups excluding carboxylic acids is 2. The maximum Gasteiger partial charge on any atom is 0.258 e. The van der Waals surface area contributed by atoms with Crippen LogP contribution in [-0.2, 0) is 9.59 Å². The van der Waals surface area contributed by atoms with Gasteiger partial charge < -0.3 is 30.3 Å². The average molecular weight is 528 g/mol. The number of nitrogens with one attached hydrogen (secondary N) is 3. The predicted molar refractivity (Wildman–Crippen MR) is 154 cm³/mol. The van der Waals surface area contributed by atoms with E-state index < -0.39 is 0 Å². The molecular formula is C30H33N5O4. The Kier molecular flexibility index (Phi) is 7.81. The number of anilines is 3. The second-order valence-corrected chi connectivity index (χ2v) is 9.47. The molecule has 2 heterocycles. The summed E-state index contributed by atoms with van der Waals surface area (Å²) in [5, 5.41) is 9.73. The zero-order valence-electron chi connectivity index (χ0n) is 22.4. The lowest BCUT2D eigenvalue weighted by molar-refractivity contribution is -0.119. The van der Waals surface area contributed by atoms with Crippen molar-refractivity contribution in [2.45, 2.75) is 0 Å². The Balaban J connectivity index is 1.44. The van der Waals surface area contributed by atoms with Crippen LogP contribution < -0.4 is 30.3 Å². The van der Waals surface area contributed by atoms with Crippen molar-refractivity contribution in [1.29, 1.82) is 0 Å². The van der Waals surface area contributed by atoms with Crippen molar-refractivity contribution in [2.24, 2.45) is 0 Å². The summed E-state index contributed by atoms with van der Waals surface area (Å²) in [6.45, 7) is 3.94. The maximum atomic E-state index is 13.3. The van der Waals surface area contributed by atoms with Crippen LogP contribution in [-0.4, -0.2) is 70.7 Å². The highest BCUT2D eigenvalue weighted by Gasteiger charge is 2.30. The average Bonchev–Trinajstić information content (AvgIpc) is 3.30. The minimum atomic E-state index is -0.221. The SMILES string of the molecule is COc1cc2c(cc1OC)C(=C(Nc1ccc(N(C)C(=O)CN3CCNCC3)cc1)c1ccccc1)C(=O)N2. The Bertz CT molecular complexity index is 1380. The van der Waals surface area contributed by atoms with E-state index in [4.69, 9.17) is 9.47 Å². The van der Waals surface area contributed by atoms with Gasteiger partial charge in [0.05, 0.1) is 37.7 Å². The molecule has 3 aromatic carbocycles. The summed E-state index contributed by atoms with van der Waals surface area (Å²) in [4.78, 5) is 30.0. The van der Waals surface area contributed by atoms with Crippen molar-refractivity contribution < 1.29 is 19.1 Å². The first-order valence-corrected chi connectivity index (χ1v) is 12.9. The molecule has 9 nitrogen and oxygen atoms in total.